The molecule has 0 N–H and O–H groups in total. The highest BCUT2D eigenvalue weighted by molar-refractivity contribution is 7.99. The van der Waals surface area contributed by atoms with Gasteiger partial charge in [-0.3, -0.25) is 4.79 Å². The average Bonchev–Trinajstić information content (AvgIpc) is 2.49. The van der Waals surface area contributed by atoms with Gasteiger partial charge in [0.05, 0.1) is 0 Å². The van der Waals surface area contributed by atoms with Crippen molar-refractivity contribution in [3.05, 3.63) is 29.8 Å². The summed E-state index contributed by atoms with van der Waals surface area (Å²) < 4.78 is 0. The zero-order valence-corrected chi connectivity index (χ0v) is 9.72. The summed E-state index contributed by atoms with van der Waals surface area (Å²) in [4.78, 5) is 14.9. The minimum Gasteiger partial charge on any atom is -0.338 e. The fraction of sp³-hybridized carbons (Fsp3) is 0.417. The molecule has 0 saturated heterocycles. The van der Waals surface area contributed by atoms with Crippen molar-refractivity contribution in [2.45, 2.75) is 24.8 Å². The Labute approximate surface area is 94.7 Å². The van der Waals surface area contributed by atoms with Gasteiger partial charge in [-0.05, 0) is 11.6 Å². The summed E-state index contributed by atoms with van der Waals surface area (Å²) in [5.41, 5.74) is 1.28. The second-order valence-electron chi connectivity index (χ2n) is 3.63. The molecule has 0 atom stereocenters. The van der Waals surface area contributed by atoms with Crippen molar-refractivity contribution in [1.82, 2.24) is 4.90 Å². The van der Waals surface area contributed by atoms with Gasteiger partial charge in [-0.2, -0.15) is 0 Å². The van der Waals surface area contributed by atoms with Gasteiger partial charge in [0.15, 0.2) is 0 Å². The molecule has 0 saturated carbocycles. The van der Waals surface area contributed by atoms with E-state index < -0.39 is 0 Å². The second kappa shape index (κ2) is 4.71. The molecular formula is C12H15NOS. The van der Waals surface area contributed by atoms with Crippen molar-refractivity contribution in [1.29, 1.82) is 0 Å². The number of nitrogens with zero attached hydrogens (tertiary/aromatic N) is 1. The summed E-state index contributed by atoms with van der Waals surface area (Å²) in [6.45, 7) is 3.56. The second-order valence-corrected chi connectivity index (χ2v) is 4.76. The molecule has 0 fully saturated rings. The molecule has 1 aromatic rings. The third kappa shape index (κ3) is 2.34. The van der Waals surface area contributed by atoms with Crippen molar-refractivity contribution in [3.63, 3.8) is 0 Å². The van der Waals surface area contributed by atoms with Gasteiger partial charge in [0, 0.05) is 30.2 Å². The summed E-state index contributed by atoms with van der Waals surface area (Å²) in [5.74, 6) is 1.26. The Morgan fingerprint density at radius 3 is 3.07 bits per heavy atom. The standard InChI is InChI=1S/C12H15NOS/c1-2-12(14)13-7-8-15-11-6-4-3-5-10(11)9-13/h3-6H,2,7-9H2,1H3. The van der Waals surface area contributed by atoms with Crippen LogP contribution in [0.3, 0.4) is 0 Å². The first kappa shape index (κ1) is 10.6. The fourth-order valence-corrected chi connectivity index (χ4v) is 2.79. The molecule has 2 nitrogen and oxygen atoms in total. The van der Waals surface area contributed by atoms with Crippen LogP contribution in [-0.4, -0.2) is 23.1 Å². The Morgan fingerprint density at radius 2 is 2.27 bits per heavy atom. The van der Waals surface area contributed by atoms with Gasteiger partial charge < -0.3 is 4.90 Å². The average molecular weight is 221 g/mol. The van der Waals surface area contributed by atoms with Crippen LogP contribution in [0.1, 0.15) is 18.9 Å². The van der Waals surface area contributed by atoms with E-state index in [0.717, 1.165) is 18.8 Å². The summed E-state index contributed by atoms with van der Waals surface area (Å²) in [7, 11) is 0. The quantitative estimate of drug-likeness (QED) is 0.726. The first-order valence-electron chi connectivity index (χ1n) is 5.29. The van der Waals surface area contributed by atoms with E-state index in [0.29, 0.717) is 6.42 Å². The Balaban J connectivity index is 2.21. The number of hydrogen-bond acceptors (Lipinski definition) is 2. The zero-order valence-electron chi connectivity index (χ0n) is 8.90. The molecule has 3 heteroatoms. The van der Waals surface area contributed by atoms with E-state index in [-0.39, 0.29) is 5.91 Å². The molecule has 2 rings (SSSR count). The minimum absolute atomic E-state index is 0.257. The number of thioether (sulfide) groups is 1. The van der Waals surface area contributed by atoms with Crippen molar-refractivity contribution in [2.75, 3.05) is 12.3 Å². The maximum atomic E-state index is 11.6. The fourth-order valence-electron chi connectivity index (χ4n) is 1.76. The van der Waals surface area contributed by atoms with E-state index in [2.05, 4.69) is 18.2 Å². The summed E-state index contributed by atoms with van der Waals surface area (Å²) >= 11 is 1.85. The molecular weight excluding hydrogens is 206 g/mol. The number of fused-ring (bicyclic) bond motifs is 1. The predicted octanol–water partition coefficient (Wildman–Crippen LogP) is 2.53. The molecule has 0 aromatic heterocycles. The van der Waals surface area contributed by atoms with Gasteiger partial charge in [-0.15, -0.1) is 11.8 Å². The molecule has 80 valence electrons. The Bertz CT molecular complexity index is 364. The largest absolute Gasteiger partial charge is 0.338 e. The van der Waals surface area contributed by atoms with Gasteiger partial charge in [-0.25, -0.2) is 0 Å². The third-order valence-electron chi connectivity index (χ3n) is 2.61. The van der Waals surface area contributed by atoms with Crippen LogP contribution in [0.4, 0.5) is 0 Å². The lowest BCUT2D eigenvalue weighted by atomic mass is 10.2. The highest BCUT2D eigenvalue weighted by Crippen LogP contribution is 2.27. The smallest absolute Gasteiger partial charge is 0.222 e. The van der Waals surface area contributed by atoms with Crippen molar-refractivity contribution >= 4 is 17.7 Å². The molecule has 1 aliphatic rings. The van der Waals surface area contributed by atoms with Crippen LogP contribution >= 0.6 is 11.8 Å². The number of amides is 1. The molecule has 0 radical (unpaired) electrons. The Kier molecular flexibility index (Phi) is 3.31. The van der Waals surface area contributed by atoms with E-state index in [1.165, 1.54) is 10.5 Å². The maximum absolute atomic E-state index is 11.6. The molecule has 1 aromatic carbocycles. The van der Waals surface area contributed by atoms with Crippen LogP contribution in [-0.2, 0) is 11.3 Å². The van der Waals surface area contributed by atoms with Crippen molar-refractivity contribution < 1.29 is 4.79 Å². The van der Waals surface area contributed by atoms with Crippen LogP contribution in [0.5, 0.6) is 0 Å². The van der Waals surface area contributed by atoms with E-state index in [4.69, 9.17) is 0 Å². The number of rotatable bonds is 1. The number of hydrogen-bond donors (Lipinski definition) is 0. The lowest BCUT2D eigenvalue weighted by Crippen LogP contribution is -2.30. The SMILES string of the molecule is CCC(=O)N1CCSc2ccccc2C1. The topological polar surface area (TPSA) is 20.3 Å². The number of carbonyl (C=O) groups excluding carboxylic acids is 1. The lowest BCUT2D eigenvalue weighted by molar-refractivity contribution is -0.131. The van der Waals surface area contributed by atoms with Gasteiger partial charge in [0.25, 0.3) is 0 Å². The molecule has 0 aliphatic carbocycles. The van der Waals surface area contributed by atoms with Crippen molar-refractivity contribution in [3.8, 4) is 0 Å². The zero-order chi connectivity index (χ0) is 10.7. The van der Waals surface area contributed by atoms with Crippen LogP contribution in [0.25, 0.3) is 0 Å². The molecule has 0 bridgehead atoms. The first-order chi connectivity index (χ1) is 7.31. The highest BCUT2D eigenvalue weighted by atomic mass is 32.2. The van der Waals surface area contributed by atoms with Gasteiger partial charge >= 0.3 is 0 Å². The number of benzene rings is 1. The molecule has 15 heavy (non-hydrogen) atoms. The number of carbonyl (C=O) groups is 1. The van der Waals surface area contributed by atoms with Gasteiger partial charge in [0.2, 0.25) is 5.91 Å². The van der Waals surface area contributed by atoms with Crippen LogP contribution in [0.15, 0.2) is 29.2 Å². The van der Waals surface area contributed by atoms with E-state index in [1.807, 2.05) is 29.7 Å². The van der Waals surface area contributed by atoms with Crippen LogP contribution < -0.4 is 0 Å². The normalized spacial score (nSPS) is 15.7. The Morgan fingerprint density at radius 1 is 1.47 bits per heavy atom. The van der Waals surface area contributed by atoms with Crippen molar-refractivity contribution in [2.24, 2.45) is 0 Å². The summed E-state index contributed by atoms with van der Waals surface area (Å²) in [6, 6.07) is 8.35. The molecule has 1 amide bonds. The molecule has 1 aliphatic heterocycles. The van der Waals surface area contributed by atoms with Gasteiger partial charge in [-0.1, -0.05) is 25.1 Å². The Hall–Kier alpha value is -0.960. The maximum Gasteiger partial charge on any atom is 0.222 e. The minimum atomic E-state index is 0.257. The molecule has 0 spiro atoms. The molecule has 1 heterocycles. The van der Waals surface area contributed by atoms with E-state index in [1.54, 1.807) is 0 Å². The summed E-state index contributed by atoms with van der Waals surface area (Å²) in [6.07, 6.45) is 0.604. The van der Waals surface area contributed by atoms with E-state index in [9.17, 15) is 4.79 Å². The third-order valence-corrected chi connectivity index (χ3v) is 3.70. The monoisotopic (exact) mass is 221 g/mol. The predicted molar refractivity (Wildman–Crippen MR) is 62.9 cm³/mol. The molecule has 0 unspecified atom stereocenters. The summed E-state index contributed by atoms with van der Waals surface area (Å²) in [5, 5.41) is 0. The highest BCUT2D eigenvalue weighted by Gasteiger charge is 2.17. The van der Waals surface area contributed by atoms with Crippen LogP contribution in [0.2, 0.25) is 0 Å². The van der Waals surface area contributed by atoms with E-state index >= 15 is 0 Å². The lowest BCUT2D eigenvalue weighted by Gasteiger charge is -2.19. The van der Waals surface area contributed by atoms with Gasteiger partial charge in [0.1, 0.15) is 0 Å². The first-order valence-corrected chi connectivity index (χ1v) is 6.28. The van der Waals surface area contributed by atoms with Crippen LogP contribution in [0, 0.1) is 0 Å².